The SMILES string of the molecule is N#CC1=CC=CC(=O)C1CCCCl. The Morgan fingerprint density at radius 3 is 3.00 bits per heavy atom. The Labute approximate surface area is 82.5 Å². The van der Waals surface area contributed by atoms with Crippen LogP contribution in [0.5, 0.6) is 0 Å². The van der Waals surface area contributed by atoms with Gasteiger partial charge >= 0.3 is 0 Å². The van der Waals surface area contributed by atoms with E-state index in [4.69, 9.17) is 16.9 Å². The molecular formula is C10H10ClNO. The van der Waals surface area contributed by atoms with Gasteiger partial charge in [0.1, 0.15) is 0 Å². The maximum Gasteiger partial charge on any atom is 0.163 e. The van der Waals surface area contributed by atoms with Crippen LogP contribution >= 0.6 is 11.6 Å². The highest BCUT2D eigenvalue weighted by Gasteiger charge is 2.21. The van der Waals surface area contributed by atoms with Gasteiger partial charge in [-0.3, -0.25) is 4.79 Å². The average molecular weight is 196 g/mol. The molecule has 13 heavy (non-hydrogen) atoms. The molecule has 0 aliphatic heterocycles. The number of allylic oxidation sites excluding steroid dienone is 4. The molecule has 1 rings (SSSR count). The highest BCUT2D eigenvalue weighted by molar-refractivity contribution is 6.17. The van der Waals surface area contributed by atoms with Gasteiger partial charge in [0.15, 0.2) is 5.78 Å². The van der Waals surface area contributed by atoms with Gasteiger partial charge < -0.3 is 0 Å². The van der Waals surface area contributed by atoms with E-state index < -0.39 is 0 Å². The second-order valence-electron chi connectivity index (χ2n) is 2.88. The minimum absolute atomic E-state index is 0.0177. The number of nitriles is 1. The monoisotopic (exact) mass is 195 g/mol. The minimum atomic E-state index is -0.256. The van der Waals surface area contributed by atoms with Crippen LogP contribution in [0.2, 0.25) is 0 Å². The number of carbonyl (C=O) groups excluding carboxylic acids is 1. The summed E-state index contributed by atoms with van der Waals surface area (Å²) in [6.07, 6.45) is 6.27. The second-order valence-corrected chi connectivity index (χ2v) is 3.26. The largest absolute Gasteiger partial charge is 0.294 e. The molecule has 1 aliphatic carbocycles. The lowest BCUT2D eigenvalue weighted by Crippen LogP contribution is -2.16. The molecule has 0 radical (unpaired) electrons. The van der Waals surface area contributed by atoms with Gasteiger partial charge in [0, 0.05) is 11.5 Å². The first-order valence-corrected chi connectivity index (χ1v) is 4.71. The topological polar surface area (TPSA) is 40.9 Å². The fourth-order valence-electron chi connectivity index (χ4n) is 1.33. The third-order valence-corrected chi connectivity index (χ3v) is 2.28. The second kappa shape index (κ2) is 4.84. The Morgan fingerprint density at radius 2 is 2.38 bits per heavy atom. The van der Waals surface area contributed by atoms with Crippen LogP contribution in [0, 0.1) is 17.2 Å². The van der Waals surface area contributed by atoms with E-state index in [2.05, 4.69) is 0 Å². The average Bonchev–Trinajstić information content (AvgIpc) is 2.15. The van der Waals surface area contributed by atoms with Gasteiger partial charge in [0.05, 0.1) is 12.0 Å². The first-order valence-electron chi connectivity index (χ1n) is 4.17. The van der Waals surface area contributed by atoms with Crippen molar-refractivity contribution in [1.29, 1.82) is 5.26 Å². The van der Waals surface area contributed by atoms with E-state index >= 15 is 0 Å². The van der Waals surface area contributed by atoms with Gasteiger partial charge in [-0.1, -0.05) is 6.08 Å². The zero-order valence-corrected chi connectivity index (χ0v) is 7.92. The molecule has 1 atom stereocenters. The summed E-state index contributed by atoms with van der Waals surface area (Å²) < 4.78 is 0. The third kappa shape index (κ3) is 2.43. The molecule has 0 aromatic carbocycles. The highest BCUT2D eigenvalue weighted by Crippen LogP contribution is 2.22. The predicted octanol–water partition coefficient (Wildman–Crippen LogP) is 2.21. The first-order chi connectivity index (χ1) is 6.29. The summed E-state index contributed by atoms with van der Waals surface area (Å²) in [5, 5.41) is 8.74. The zero-order chi connectivity index (χ0) is 9.68. The standard InChI is InChI=1S/C10H10ClNO/c11-6-2-4-9-8(7-12)3-1-5-10(9)13/h1,3,5,9H,2,4,6H2. The quantitative estimate of drug-likeness (QED) is 0.648. The van der Waals surface area contributed by atoms with Gasteiger partial charge in [-0.2, -0.15) is 5.26 Å². The highest BCUT2D eigenvalue weighted by atomic mass is 35.5. The molecule has 0 heterocycles. The molecule has 0 bridgehead atoms. The van der Waals surface area contributed by atoms with Gasteiger partial charge in [-0.15, -0.1) is 11.6 Å². The van der Waals surface area contributed by atoms with Crippen molar-refractivity contribution in [2.75, 3.05) is 5.88 Å². The molecule has 68 valence electrons. The molecule has 2 nitrogen and oxygen atoms in total. The molecule has 0 fully saturated rings. The van der Waals surface area contributed by atoms with E-state index in [1.807, 2.05) is 6.07 Å². The van der Waals surface area contributed by atoms with Gasteiger partial charge in [-0.05, 0) is 25.0 Å². The van der Waals surface area contributed by atoms with Crippen molar-refractivity contribution in [1.82, 2.24) is 0 Å². The van der Waals surface area contributed by atoms with Crippen molar-refractivity contribution in [2.45, 2.75) is 12.8 Å². The molecule has 0 saturated heterocycles. The Bertz CT molecular complexity index is 299. The Hall–Kier alpha value is -1.07. The van der Waals surface area contributed by atoms with Crippen molar-refractivity contribution in [3.63, 3.8) is 0 Å². The van der Waals surface area contributed by atoms with E-state index in [9.17, 15) is 4.79 Å². The molecule has 1 aliphatic rings. The molecule has 0 amide bonds. The van der Waals surface area contributed by atoms with Crippen molar-refractivity contribution in [3.05, 3.63) is 23.8 Å². The molecule has 0 spiro atoms. The summed E-state index contributed by atoms with van der Waals surface area (Å²) in [6.45, 7) is 0. The number of ketones is 1. The Kier molecular flexibility index (Phi) is 3.72. The fraction of sp³-hybridized carbons (Fsp3) is 0.400. The van der Waals surface area contributed by atoms with Crippen LogP contribution in [0.4, 0.5) is 0 Å². The van der Waals surface area contributed by atoms with Crippen LogP contribution < -0.4 is 0 Å². The lowest BCUT2D eigenvalue weighted by molar-refractivity contribution is -0.117. The van der Waals surface area contributed by atoms with Crippen LogP contribution in [0.3, 0.4) is 0 Å². The molecule has 0 aromatic heterocycles. The van der Waals surface area contributed by atoms with Crippen molar-refractivity contribution in [2.24, 2.45) is 5.92 Å². The van der Waals surface area contributed by atoms with E-state index in [-0.39, 0.29) is 11.7 Å². The van der Waals surface area contributed by atoms with E-state index in [0.717, 1.165) is 6.42 Å². The normalized spacial score (nSPS) is 21.1. The zero-order valence-electron chi connectivity index (χ0n) is 7.16. The summed E-state index contributed by atoms with van der Waals surface area (Å²) in [5.74, 6) is 0.296. The van der Waals surface area contributed by atoms with E-state index in [1.54, 1.807) is 12.2 Å². The predicted molar refractivity (Wildman–Crippen MR) is 51.3 cm³/mol. The third-order valence-electron chi connectivity index (χ3n) is 2.01. The lowest BCUT2D eigenvalue weighted by Gasteiger charge is -2.14. The van der Waals surface area contributed by atoms with Crippen LogP contribution in [-0.4, -0.2) is 11.7 Å². The van der Waals surface area contributed by atoms with Gasteiger partial charge in [0.25, 0.3) is 0 Å². The Morgan fingerprint density at radius 1 is 1.62 bits per heavy atom. The summed E-state index contributed by atoms with van der Waals surface area (Å²) in [7, 11) is 0. The number of nitrogens with zero attached hydrogens (tertiary/aromatic N) is 1. The van der Waals surface area contributed by atoms with Gasteiger partial charge in [-0.25, -0.2) is 0 Å². The maximum atomic E-state index is 11.3. The molecule has 1 unspecified atom stereocenters. The van der Waals surface area contributed by atoms with E-state index in [1.165, 1.54) is 6.08 Å². The summed E-state index contributed by atoms with van der Waals surface area (Å²) in [4.78, 5) is 11.3. The van der Waals surface area contributed by atoms with Crippen molar-refractivity contribution >= 4 is 17.4 Å². The van der Waals surface area contributed by atoms with Crippen LogP contribution in [0.25, 0.3) is 0 Å². The first kappa shape index (κ1) is 10.0. The molecule has 3 heteroatoms. The number of halogens is 1. The summed E-state index contributed by atoms with van der Waals surface area (Å²) in [5.41, 5.74) is 0.553. The number of hydrogen-bond acceptors (Lipinski definition) is 2. The fourth-order valence-corrected chi connectivity index (χ4v) is 1.48. The van der Waals surface area contributed by atoms with Crippen molar-refractivity contribution in [3.8, 4) is 6.07 Å². The molecule has 0 saturated carbocycles. The molecule has 0 aromatic rings. The minimum Gasteiger partial charge on any atom is -0.294 e. The van der Waals surface area contributed by atoms with Crippen molar-refractivity contribution < 1.29 is 4.79 Å². The number of rotatable bonds is 3. The molecular weight excluding hydrogens is 186 g/mol. The van der Waals surface area contributed by atoms with E-state index in [0.29, 0.717) is 17.9 Å². The summed E-state index contributed by atoms with van der Waals surface area (Å²) in [6, 6.07) is 2.04. The van der Waals surface area contributed by atoms with Crippen LogP contribution in [0.1, 0.15) is 12.8 Å². The van der Waals surface area contributed by atoms with Crippen LogP contribution in [0.15, 0.2) is 23.8 Å². The summed E-state index contributed by atoms with van der Waals surface area (Å²) >= 11 is 5.53. The molecule has 0 N–H and O–H groups in total. The Balaban J connectivity index is 2.70. The maximum absolute atomic E-state index is 11.3. The van der Waals surface area contributed by atoms with Gasteiger partial charge in [0.2, 0.25) is 0 Å². The smallest absolute Gasteiger partial charge is 0.163 e. The lowest BCUT2D eigenvalue weighted by atomic mass is 9.87. The number of carbonyl (C=O) groups is 1. The number of alkyl halides is 1. The number of hydrogen-bond donors (Lipinski definition) is 0. The van der Waals surface area contributed by atoms with Crippen LogP contribution in [-0.2, 0) is 4.79 Å².